The SMILES string of the molecule is O=C(Nc1ccc(Nc2ccccc2)cc1)c1cccc(Nc2nccs2)c1. The molecule has 0 spiro atoms. The molecule has 3 aromatic carbocycles. The smallest absolute Gasteiger partial charge is 0.255 e. The van der Waals surface area contributed by atoms with Gasteiger partial charge in [0.25, 0.3) is 5.91 Å². The Balaban J connectivity index is 1.40. The molecule has 0 saturated heterocycles. The summed E-state index contributed by atoms with van der Waals surface area (Å²) in [7, 11) is 0. The summed E-state index contributed by atoms with van der Waals surface area (Å²) in [6.07, 6.45) is 1.74. The number of thiazole rings is 1. The Morgan fingerprint density at radius 3 is 2.21 bits per heavy atom. The third-order valence-corrected chi connectivity index (χ3v) is 4.70. The average Bonchev–Trinajstić information content (AvgIpc) is 3.23. The molecule has 1 aromatic heterocycles. The Morgan fingerprint density at radius 2 is 1.46 bits per heavy atom. The van der Waals surface area contributed by atoms with Crippen LogP contribution in [0.2, 0.25) is 0 Å². The number of nitrogens with one attached hydrogen (secondary N) is 3. The maximum atomic E-state index is 12.6. The molecule has 0 aliphatic carbocycles. The highest BCUT2D eigenvalue weighted by molar-refractivity contribution is 7.13. The van der Waals surface area contributed by atoms with Crippen molar-refractivity contribution in [2.24, 2.45) is 0 Å². The van der Waals surface area contributed by atoms with Crippen molar-refractivity contribution in [2.75, 3.05) is 16.0 Å². The molecule has 1 heterocycles. The van der Waals surface area contributed by atoms with Gasteiger partial charge in [0.1, 0.15) is 0 Å². The van der Waals surface area contributed by atoms with Gasteiger partial charge in [-0.2, -0.15) is 0 Å². The van der Waals surface area contributed by atoms with Crippen LogP contribution in [0, 0.1) is 0 Å². The number of hydrogen-bond donors (Lipinski definition) is 3. The first-order valence-corrected chi connectivity index (χ1v) is 9.64. The van der Waals surface area contributed by atoms with Gasteiger partial charge in [-0.05, 0) is 54.6 Å². The average molecular weight is 386 g/mol. The quantitative estimate of drug-likeness (QED) is 0.387. The molecular weight excluding hydrogens is 368 g/mol. The number of amides is 1. The van der Waals surface area contributed by atoms with Gasteiger partial charge in [0.15, 0.2) is 5.13 Å². The number of carbonyl (C=O) groups is 1. The number of rotatable bonds is 6. The Hall–Kier alpha value is -3.64. The van der Waals surface area contributed by atoms with Gasteiger partial charge < -0.3 is 16.0 Å². The summed E-state index contributed by atoms with van der Waals surface area (Å²) in [5, 5.41) is 12.1. The van der Waals surface area contributed by atoms with Gasteiger partial charge in [-0.25, -0.2) is 4.98 Å². The van der Waals surface area contributed by atoms with Crippen molar-refractivity contribution in [2.45, 2.75) is 0 Å². The van der Waals surface area contributed by atoms with Crippen LogP contribution in [0.15, 0.2) is 90.4 Å². The molecule has 0 fully saturated rings. The molecule has 3 N–H and O–H groups in total. The summed E-state index contributed by atoms with van der Waals surface area (Å²) in [5.74, 6) is -0.161. The van der Waals surface area contributed by atoms with Crippen LogP contribution in [0.1, 0.15) is 10.4 Å². The predicted octanol–water partition coefficient (Wildman–Crippen LogP) is 5.88. The molecule has 6 heteroatoms. The van der Waals surface area contributed by atoms with E-state index in [1.807, 2.05) is 78.2 Å². The van der Waals surface area contributed by atoms with Crippen LogP contribution in [0.3, 0.4) is 0 Å². The van der Waals surface area contributed by atoms with Crippen molar-refractivity contribution in [1.82, 2.24) is 4.98 Å². The summed E-state index contributed by atoms with van der Waals surface area (Å²) in [5.41, 5.74) is 4.11. The molecule has 138 valence electrons. The van der Waals surface area contributed by atoms with Crippen molar-refractivity contribution in [1.29, 1.82) is 0 Å². The molecule has 28 heavy (non-hydrogen) atoms. The second-order valence-electron chi connectivity index (χ2n) is 6.07. The number of benzene rings is 3. The summed E-state index contributed by atoms with van der Waals surface area (Å²) in [6.45, 7) is 0. The van der Waals surface area contributed by atoms with Crippen LogP contribution in [-0.4, -0.2) is 10.9 Å². The van der Waals surface area contributed by atoms with Gasteiger partial charge >= 0.3 is 0 Å². The molecular formula is C22H18N4OS. The molecule has 0 bridgehead atoms. The van der Waals surface area contributed by atoms with Gasteiger partial charge in [0, 0.05) is 39.9 Å². The molecule has 0 aliphatic rings. The van der Waals surface area contributed by atoms with E-state index < -0.39 is 0 Å². The van der Waals surface area contributed by atoms with E-state index in [9.17, 15) is 4.79 Å². The fourth-order valence-electron chi connectivity index (χ4n) is 2.68. The number of anilines is 5. The van der Waals surface area contributed by atoms with E-state index in [0.29, 0.717) is 5.56 Å². The lowest BCUT2D eigenvalue weighted by Gasteiger charge is -2.10. The molecule has 0 unspecified atom stereocenters. The van der Waals surface area contributed by atoms with E-state index >= 15 is 0 Å². The zero-order chi connectivity index (χ0) is 19.2. The Labute approximate surface area is 167 Å². The molecule has 5 nitrogen and oxygen atoms in total. The van der Waals surface area contributed by atoms with Crippen LogP contribution in [-0.2, 0) is 0 Å². The molecule has 4 rings (SSSR count). The number of nitrogens with zero attached hydrogens (tertiary/aromatic N) is 1. The first-order valence-electron chi connectivity index (χ1n) is 8.76. The fraction of sp³-hybridized carbons (Fsp3) is 0. The standard InChI is InChI=1S/C22H18N4OS/c27-21(16-5-4-8-20(15-16)26-22-23-13-14-28-22)25-19-11-9-18(10-12-19)24-17-6-2-1-3-7-17/h1-15,24H,(H,23,26)(H,25,27). The number of carbonyl (C=O) groups excluding carboxylic acids is 1. The highest BCUT2D eigenvalue weighted by atomic mass is 32.1. The summed E-state index contributed by atoms with van der Waals surface area (Å²) in [4.78, 5) is 16.8. The normalized spacial score (nSPS) is 10.3. The van der Waals surface area contributed by atoms with Gasteiger partial charge in [-0.3, -0.25) is 4.79 Å². The lowest BCUT2D eigenvalue weighted by Crippen LogP contribution is -2.12. The Morgan fingerprint density at radius 1 is 0.750 bits per heavy atom. The van der Waals surface area contributed by atoms with E-state index in [2.05, 4.69) is 20.9 Å². The van der Waals surface area contributed by atoms with Crippen LogP contribution >= 0.6 is 11.3 Å². The minimum Gasteiger partial charge on any atom is -0.356 e. The zero-order valence-corrected chi connectivity index (χ0v) is 15.7. The maximum Gasteiger partial charge on any atom is 0.255 e. The number of aromatic nitrogens is 1. The van der Waals surface area contributed by atoms with Crippen molar-refractivity contribution in [3.63, 3.8) is 0 Å². The van der Waals surface area contributed by atoms with Crippen LogP contribution < -0.4 is 16.0 Å². The first-order chi connectivity index (χ1) is 13.8. The number of para-hydroxylation sites is 1. The number of hydrogen-bond acceptors (Lipinski definition) is 5. The minimum absolute atomic E-state index is 0.161. The lowest BCUT2D eigenvalue weighted by molar-refractivity contribution is 0.102. The summed E-state index contributed by atoms with van der Waals surface area (Å²) < 4.78 is 0. The topological polar surface area (TPSA) is 66.1 Å². The van der Waals surface area contributed by atoms with Gasteiger partial charge in [-0.1, -0.05) is 24.3 Å². The third-order valence-electron chi connectivity index (χ3n) is 4.01. The molecule has 0 aliphatic heterocycles. The van der Waals surface area contributed by atoms with Gasteiger partial charge in [-0.15, -0.1) is 11.3 Å². The molecule has 4 aromatic rings. The fourth-order valence-corrected chi connectivity index (χ4v) is 3.22. The largest absolute Gasteiger partial charge is 0.356 e. The van der Waals surface area contributed by atoms with E-state index in [-0.39, 0.29) is 5.91 Å². The highest BCUT2D eigenvalue weighted by Gasteiger charge is 2.08. The third kappa shape index (κ3) is 4.55. The van der Waals surface area contributed by atoms with Crippen molar-refractivity contribution in [3.05, 3.63) is 96.0 Å². The first kappa shape index (κ1) is 17.8. The second kappa shape index (κ2) is 8.37. The van der Waals surface area contributed by atoms with E-state index in [1.165, 1.54) is 11.3 Å². The lowest BCUT2D eigenvalue weighted by atomic mass is 10.2. The van der Waals surface area contributed by atoms with Crippen molar-refractivity contribution >= 4 is 45.1 Å². The Kier molecular flexibility index (Phi) is 5.31. The zero-order valence-electron chi connectivity index (χ0n) is 14.9. The summed E-state index contributed by atoms with van der Waals surface area (Å²) in [6, 6.07) is 24.9. The van der Waals surface area contributed by atoms with E-state index in [4.69, 9.17) is 0 Å². The van der Waals surface area contributed by atoms with E-state index in [0.717, 1.165) is 27.9 Å². The van der Waals surface area contributed by atoms with Crippen molar-refractivity contribution in [3.8, 4) is 0 Å². The van der Waals surface area contributed by atoms with Crippen LogP contribution in [0.25, 0.3) is 0 Å². The highest BCUT2D eigenvalue weighted by Crippen LogP contribution is 2.21. The Bertz CT molecular complexity index is 1050. The molecule has 1 amide bonds. The molecule has 0 atom stereocenters. The van der Waals surface area contributed by atoms with Crippen LogP contribution in [0.5, 0.6) is 0 Å². The van der Waals surface area contributed by atoms with Gasteiger partial charge in [0.2, 0.25) is 0 Å². The minimum atomic E-state index is -0.161. The molecule has 0 radical (unpaired) electrons. The summed E-state index contributed by atoms with van der Waals surface area (Å²) >= 11 is 1.51. The predicted molar refractivity (Wildman–Crippen MR) is 116 cm³/mol. The van der Waals surface area contributed by atoms with Gasteiger partial charge in [0.05, 0.1) is 0 Å². The second-order valence-corrected chi connectivity index (χ2v) is 6.96. The van der Waals surface area contributed by atoms with Crippen molar-refractivity contribution < 1.29 is 4.79 Å². The van der Waals surface area contributed by atoms with Crippen LogP contribution in [0.4, 0.5) is 27.9 Å². The monoisotopic (exact) mass is 386 g/mol. The maximum absolute atomic E-state index is 12.6. The molecule has 0 saturated carbocycles. The van der Waals surface area contributed by atoms with E-state index in [1.54, 1.807) is 12.3 Å².